The molecular formula is C12H15BrO2S. The fourth-order valence-corrected chi connectivity index (χ4v) is 3.57. The summed E-state index contributed by atoms with van der Waals surface area (Å²) in [5.41, 5.74) is -0.133. The van der Waals surface area contributed by atoms with Crippen LogP contribution in [0.5, 0.6) is 0 Å². The SMILES string of the molecule is COC1(CC(=O)Cc2cc(Br)cs2)CCC1. The van der Waals surface area contributed by atoms with E-state index in [9.17, 15) is 4.79 Å². The molecule has 1 aliphatic carbocycles. The van der Waals surface area contributed by atoms with Gasteiger partial charge in [0.05, 0.1) is 5.60 Å². The second-order valence-corrected chi connectivity index (χ2v) is 6.28. The number of ketones is 1. The highest BCUT2D eigenvalue weighted by molar-refractivity contribution is 9.10. The molecule has 0 unspecified atom stereocenters. The third-order valence-electron chi connectivity index (χ3n) is 3.21. The maximum Gasteiger partial charge on any atom is 0.140 e. The number of ether oxygens (including phenoxy) is 1. The van der Waals surface area contributed by atoms with Gasteiger partial charge >= 0.3 is 0 Å². The smallest absolute Gasteiger partial charge is 0.140 e. The Balaban J connectivity index is 1.89. The van der Waals surface area contributed by atoms with Crippen molar-refractivity contribution in [2.24, 2.45) is 0 Å². The molecule has 0 saturated heterocycles. The van der Waals surface area contributed by atoms with Crippen LogP contribution < -0.4 is 0 Å². The topological polar surface area (TPSA) is 26.3 Å². The summed E-state index contributed by atoms with van der Waals surface area (Å²) in [4.78, 5) is 13.0. The zero-order valence-corrected chi connectivity index (χ0v) is 11.7. The van der Waals surface area contributed by atoms with Gasteiger partial charge in [0.25, 0.3) is 0 Å². The minimum atomic E-state index is -0.133. The minimum absolute atomic E-state index is 0.133. The van der Waals surface area contributed by atoms with Crippen LogP contribution in [0.15, 0.2) is 15.9 Å². The van der Waals surface area contributed by atoms with E-state index in [0.29, 0.717) is 12.8 Å². The van der Waals surface area contributed by atoms with Crippen molar-refractivity contribution >= 4 is 33.0 Å². The van der Waals surface area contributed by atoms with E-state index < -0.39 is 0 Å². The van der Waals surface area contributed by atoms with E-state index in [1.165, 1.54) is 6.42 Å². The van der Waals surface area contributed by atoms with Crippen LogP contribution in [0.2, 0.25) is 0 Å². The second-order valence-electron chi connectivity index (χ2n) is 4.36. The molecule has 0 atom stereocenters. The lowest BCUT2D eigenvalue weighted by molar-refractivity contribution is -0.131. The summed E-state index contributed by atoms with van der Waals surface area (Å²) in [7, 11) is 1.72. The van der Waals surface area contributed by atoms with Crippen molar-refractivity contribution in [1.29, 1.82) is 0 Å². The molecule has 1 heterocycles. The van der Waals surface area contributed by atoms with E-state index in [1.807, 2.05) is 11.4 Å². The van der Waals surface area contributed by atoms with Gasteiger partial charge < -0.3 is 4.74 Å². The fourth-order valence-electron chi connectivity index (χ4n) is 2.09. The number of methoxy groups -OCH3 is 1. The molecule has 0 radical (unpaired) electrons. The monoisotopic (exact) mass is 302 g/mol. The van der Waals surface area contributed by atoms with Crippen molar-refractivity contribution in [1.82, 2.24) is 0 Å². The number of hydrogen-bond acceptors (Lipinski definition) is 3. The number of Topliss-reactive ketones (excluding diaryl/α,β-unsaturated/α-hetero) is 1. The van der Waals surface area contributed by atoms with Gasteiger partial charge in [-0.25, -0.2) is 0 Å². The van der Waals surface area contributed by atoms with E-state index in [0.717, 1.165) is 22.2 Å². The fraction of sp³-hybridized carbons (Fsp3) is 0.583. The molecule has 0 bridgehead atoms. The number of hydrogen-bond donors (Lipinski definition) is 0. The third kappa shape index (κ3) is 2.73. The van der Waals surface area contributed by atoms with Crippen molar-refractivity contribution in [2.75, 3.05) is 7.11 Å². The van der Waals surface area contributed by atoms with Crippen LogP contribution in [0, 0.1) is 0 Å². The molecule has 1 saturated carbocycles. The Morgan fingerprint density at radius 2 is 2.38 bits per heavy atom. The highest BCUT2D eigenvalue weighted by Crippen LogP contribution is 2.38. The van der Waals surface area contributed by atoms with Crippen LogP contribution in [0.4, 0.5) is 0 Å². The summed E-state index contributed by atoms with van der Waals surface area (Å²) in [5.74, 6) is 0.288. The quantitative estimate of drug-likeness (QED) is 0.831. The van der Waals surface area contributed by atoms with Crippen molar-refractivity contribution in [3.8, 4) is 0 Å². The van der Waals surface area contributed by atoms with Crippen LogP contribution in [0.25, 0.3) is 0 Å². The van der Waals surface area contributed by atoms with Crippen LogP contribution in [0.1, 0.15) is 30.6 Å². The first-order chi connectivity index (χ1) is 7.63. The largest absolute Gasteiger partial charge is 0.378 e. The average Bonchev–Trinajstić information content (AvgIpc) is 2.57. The average molecular weight is 303 g/mol. The Morgan fingerprint density at radius 1 is 1.62 bits per heavy atom. The van der Waals surface area contributed by atoms with Gasteiger partial charge in [-0.05, 0) is 41.3 Å². The zero-order chi connectivity index (χ0) is 11.6. The molecule has 1 aromatic heterocycles. The number of carbonyl (C=O) groups excluding carboxylic acids is 1. The molecule has 0 amide bonds. The summed E-state index contributed by atoms with van der Waals surface area (Å²) in [6.07, 6.45) is 4.36. The lowest BCUT2D eigenvalue weighted by Gasteiger charge is -2.40. The Morgan fingerprint density at radius 3 is 2.81 bits per heavy atom. The standard InChI is InChI=1S/C12H15BrO2S/c1-15-12(3-2-4-12)7-10(14)6-11-5-9(13)8-16-11/h5,8H,2-4,6-7H2,1H3. The molecule has 1 fully saturated rings. The van der Waals surface area contributed by atoms with Crippen LogP contribution in [-0.2, 0) is 16.0 Å². The van der Waals surface area contributed by atoms with Crippen LogP contribution in [0.3, 0.4) is 0 Å². The van der Waals surface area contributed by atoms with Crippen LogP contribution in [-0.4, -0.2) is 18.5 Å². The molecule has 1 aromatic rings. The van der Waals surface area contributed by atoms with Gasteiger partial charge in [-0.2, -0.15) is 0 Å². The van der Waals surface area contributed by atoms with Gasteiger partial charge in [0, 0.05) is 34.7 Å². The lowest BCUT2D eigenvalue weighted by Crippen LogP contribution is -2.41. The van der Waals surface area contributed by atoms with E-state index >= 15 is 0 Å². The number of thiophene rings is 1. The molecule has 2 nitrogen and oxygen atoms in total. The lowest BCUT2D eigenvalue weighted by atomic mass is 9.76. The number of rotatable bonds is 5. The van der Waals surface area contributed by atoms with E-state index in [2.05, 4.69) is 15.9 Å². The predicted molar refractivity (Wildman–Crippen MR) is 68.9 cm³/mol. The van der Waals surface area contributed by atoms with Gasteiger partial charge in [-0.15, -0.1) is 11.3 Å². The van der Waals surface area contributed by atoms with Gasteiger partial charge in [0.2, 0.25) is 0 Å². The molecule has 1 aliphatic rings. The Labute approximate surface area is 108 Å². The van der Waals surface area contributed by atoms with Crippen molar-refractivity contribution in [3.63, 3.8) is 0 Å². The maximum absolute atomic E-state index is 11.9. The summed E-state index contributed by atoms with van der Waals surface area (Å²) in [6.45, 7) is 0. The highest BCUT2D eigenvalue weighted by atomic mass is 79.9. The molecule has 2 rings (SSSR count). The number of halogens is 1. The van der Waals surface area contributed by atoms with Crippen molar-refractivity contribution in [2.45, 2.75) is 37.7 Å². The zero-order valence-electron chi connectivity index (χ0n) is 9.29. The van der Waals surface area contributed by atoms with Crippen molar-refractivity contribution < 1.29 is 9.53 Å². The number of carbonyl (C=O) groups is 1. The maximum atomic E-state index is 11.9. The molecule has 4 heteroatoms. The molecular weight excluding hydrogens is 288 g/mol. The molecule has 16 heavy (non-hydrogen) atoms. The summed E-state index contributed by atoms with van der Waals surface area (Å²) >= 11 is 5.02. The molecule has 0 N–H and O–H groups in total. The first-order valence-electron chi connectivity index (χ1n) is 5.43. The third-order valence-corrected chi connectivity index (χ3v) is 4.91. The van der Waals surface area contributed by atoms with Crippen molar-refractivity contribution in [3.05, 3.63) is 20.8 Å². The van der Waals surface area contributed by atoms with E-state index in [4.69, 9.17) is 4.74 Å². The summed E-state index contributed by atoms with van der Waals surface area (Å²) in [5, 5.41) is 2.01. The first kappa shape index (κ1) is 12.3. The highest BCUT2D eigenvalue weighted by Gasteiger charge is 2.38. The minimum Gasteiger partial charge on any atom is -0.378 e. The van der Waals surface area contributed by atoms with E-state index in [-0.39, 0.29) is 11.4 Å². The first-order valence-corrected chi connectivity index (χ1v) is 7.11. The molecule has 88 valence electrons. The summed E-state index contributed by atoms with van der Waals surface area (Å²) in [6, 6.07) is 2.02. The molecule has 0 aromatic carbocycles. The van der Waals surface area contributed by atoms with Gasteiger partial charge in [0.1, 0.15) is 5.78 Å². The van der Waals surface area contributed by atoms with Crippen LogP contribution >= 0.6 is 27.3 Å². The van der Waals surface area contributed by atoms with Gasteiger partial charge in [0.15, 0.2) is 0 Å². The molecule has 0 spiro atoms. The summed E-state index contributed by atoms with van der Waals surface area (Å²) < 4.78 is 6.52. The molecule has 0 aliphatic heterocycles. The van der Waals surface area contributed by atoms with E-state index in [1.54, 1.807) is 18.4 Å². The van der Waals surface area contributed by atoms with Gasteiger partial charge in [-0.3, -0.25) is 4.79 Å². The second kappa shape index (κ2) is 4.98. The normalized spacial score (nSPS) is 18.1. The van der Waals surface area contributed by atoms with Gasteiger partial charge in [-0.1, -0.05) is 0 Å². The predicted octanol–water partition coefficient (Wildman–Crippen LogP) is 3.58. The Bertz CT molecular complexity index is 377. The Hall–Kier alpha value is -0.190. The Kier molecular flexibility index (Phi) is 3.82.